The topological polar surface area (TPSA) is 73.1 Å². The molecule has 1 amide bonds. The molecule has 0 aliphatic carbocycles. The molecular weight excluding hydrogens is 434 g/mol. The van der Waals surface area contributed by atoms with Gasteiger partial charge in [0, 0.05) is 31.6 Å². The first-order chi connectivity index (χ1) is 15.9. The van der Waals surface area contributed by atoms with Gasteiger partial charge in [-0.3, -0.25) is 19.6 Å². The molecule has 0 spiro atoms. The summed E-state index contributed by atoms with van der Waals surface area (Å²) < 4.78 is 2.01. The van der Waals surface area contributed by atoms with Crippen molar-refractivity contribution in [1.29, 1.82) is 0 Å². The molecule has 3 aromatic heterocycles. The molecule has 0 bridgehead atoms. The second-order valence-electron chi connectivity index (χ2n) is 8.71. The van der Waals surface area contributed by atoms with E-state index in [0.29, 0.717) is 6.42 Å². The van der Waals surface area contributed by atoms with Gasteiger partial charge >= 0.3 is 0 Å². The standard InChI is InChI=1S/C25H27N5O2S/c1-25(2,3)32-30(17-31)21(13-20-7-5-6-12-27-20)24-28-14-22(29(24)4)18-8-10-19(11-9-18)23-15-26-16-33-23/h5-12,14-17,21H,13H2,1-4H3. The third-order valence-corrected chi connectivity index (χ3v) is 5.96. The van der Waals surface area contributed by atoms with Crippen LogP contribution in [0.15, 0.2) is 66.6 Å². The van der Waals surface area contributed by atoms with Crippen LogP contribution in [0.5, 0.6) is 0 Å². The lowest BCUT2D eigenvalue weighted by Crippen LogP contribution is -2.38. The molecule has 1 unspecified atom stereocenters. The Morgan fingerprint density at radius 2 is 1.85 bits per heavy atom. The highest BCUT2D eigenvalue weighted by atomic mass is 32.1. The van der Waals surface area contributed by atoms with Gasteiger partial charge in [-0.15, -0.1) is 11.3 Å². The van der Waals surface area contributed by atoms with E-state index in [-0.39, 0.29) is 0 Å². The summed E-state index contributed by atoms with van der Waals surface area (Å²) in [7, 11) is 1.96. The van der Waals surface area contributed by atoms with Gasteiger partial charge in [-0.25, -0.2) is 10.0 Å². The van der Waals surface area contributed by atoms with Gasteiger partial charge in [0.25, 0.3) is 0 Å². The normalized spacial score (nSPS) is 12.5. The summed E-state index contributed by atoms with van der Waals surface area (Å²) >= 11 is 1.61. The van der Waals surface area contributed by atoms with Gasteiger partial charge in [-0.1, -0.05) is 30.3 Å². The van der Waals surface area contributed by atoms with E-state index in [2.05, 4.69) is 34.2 Å². The van der Waals surface area contributed by atoms with Crippen molar-refractivity contribution in [2.75, 3.05) is 0 Å². The van der Waals surface area contributed by atoms with Crippen LogP contribution in [0.2, 0.25) is 0 Å². The minimum Gasteiger partial charge on any atom is -0.329 e. The van der Waals surface area contributed by atoms with E-state index < -0.39 is 11.6 Å². The van der Waals surface area contributed by atoms with Crippen molar-refractivity contribution in [3.05, 3.63) is 78.1 Å². The Morgan fingerprint density at radius 3 is 2.45 bits per heavy atom. The number of nitrogens with zero attached hydrogens (tertiary/aromatic N) is 5. The van der Waals surface area contributed by atoms with E-state index in [1.165, 1.54) is 5.06 Å². The average molecular weight is 462 g/mol. The van der Waals surface area contributed by atoms with Crippen LogP contribution in [0.3, 0.4) is 0 Å². The Morgan fingerprint density at radius 1 is 1.09 bits per heavy atom. The molecule has 4 rings (SSSR count). The van der Waals surface area contributed by atoms with Crippen molar-refractivity contribution in [2.45, 2.75) is 38.8 Å². The Hall–Kier alpha value is -3.36. The van der Waals surface area contributed by atoms with Gasteiger partial charge in [-0.2, -0.15) is 0 Å². The number of carbonyl (C=O) groups is 1. The Bertz CT molecular complexity index is 1180. The lowest BCUT2D eigenvalue weighted by molar-refractivity contribution is -0.235. The molecule has 3 heterocycles. The minimum absolute atomic E-state index is 0.438. The molecule has 0 radical (unpaired) electrons. The highest BCUT2D eigenvalue weighted by molar-refractivity contribution is 7.13. The van der Waals surface area contributed by atoms with Gasteiger partial charge in [0.1, 0.15) is 11.9 Å². The summed E-state index contributed by atoms with van der Waals surface area (Å²) in [5.74, 6) is 0.721. The minimum atomic E-state index is -0.538. The summed E-state index contributed by atoms with van der Waals surface area (Å²) in [6.45, 7) is 5.74. The van der Waals surface area contributed by atoms with Crippen molar-refractivity contribution in [3.8, 4) is 21.7 Å². The largest absolute Gasteiger partial charge is 0.329 e. The van der Waals surface area contributed by atoms with E-state index in [4.69, 9.17) is 9.82 Å². The zero-order valence-electron chi connectivity index (χ0n) is 19.2. The third-order valence-electron chi connectivity index (χ3n) is 5.14. The smallest absolute Gasteiger partial charge is 0.234 e. The molecule has 1 aromatic carbocycles. The number of imidazole rings is 1. The molecule has 7 nitrogen and oxygen atoms in total. The molecule has 0 N–H and O–H groups in total. The van der Waals surface area contributed by atoms with E-state index in [1.807, 2.05) is 68.5 Å². The molecule has 0 saturated carbocycles. The first kappa shape index (κ1) is 22.8. The number of rotatable bonds is 8. The molecular formula is C25H27N5O2S. The number of hydrogen-bond donors (Lipinski definition) is 0. The maximum atomic E-state index is 12.1. The van der Waals surface area contributed by atoms with Crippen LogP contribution in [0.4, 0.5) is 0 Å². The number of pyridine rings is 1. The van der Waals surface area contributed by atoms with Crippen molar-refractivity contribution in [3.63, 3.8) is 0 Å². The molecule has 1 atom stereocenters. The molecule has 0 saturated heterocycles. The van der Waals surface area contributed by atoms with Crippen LogP contribution in [0.25, 0.3) is 21.7 Å². The fourth-order valence-corrected chi connectivity index (χ4v) is 4.28. The molecule has 0 aliphatic heterocycles. The molecule has 4 aromatic rings. The summed E-state index contributed by atoms with van der Waals surface area (Å²) in [4.78, 5) is 32.5. The maximum Gasteiger partial charge on any atom is 0.234 e. The fourth-order valence-electron chi connectivity index (χ4n) is 3.65. The SMILES string of the molecule is Cn1c(-c2ccc(-c3cncs3)cc2)cnc1C(Cc1ccccn1)N(C=O)OC(C)(C)C. The Balaban J connectivity index is 1.68. The Labute approximate surface area is 197 Å². The van der Waals surface area contributed by atoms with Gasteiger partial charge in [0.05, 0.1) is 27.9 Å². The molecule has 33 heavy (non-hydrogen) atoms. The van der Waals surface area contributed by atoms with Crippen LogP contribution in [-0.4, -0.2) is 36.6 Å². The predicted octanol–water partition coefficient (Wildman–Crippen LogP) is 5.08. The van der Waals surface area contributed by atoms with Crippen LogP contribution in [-0.2, 0) is 23.1 Å². The summed E-state index contributed by atoms with van der Waals surface area (Å²) in [6.07, 6.45) is 6.65. The second-order valence-corrected chi connectivity index (χ2v) is 9.60. The maximum absolute atomic E-state index is 12.1. The van der Waals surface area contributed by atoms with Crippen molar-refractivity contribution < 1.29 is 9.63 Å². The zero-order valence-corrected chi connectivity index (χ0v) is 20.0. The number of benzene rings is 1. The van der Waals surface area contributed by atoms with Crippen LogP contribution in [0.1, 0.15) is 38.3 Å². The second kappa shape index (κ2) is 9.64. The lowest BCUT2D eigenvalue weighted by Gasteiger charge is -2.32. The van der Waals surface area contributed by atoms with Gasteiger partial charge in [0.2, 0.25) is 6.41 Å². The first-order valence-corrected chi connectivity index (χ1v) is 11.6. The summed E-state index contributed by atoms with van der Waals surface area (Å²) in [5, 5.41) is 1.35. The summed E-state index contributed by atoms with van der Waals surface area (Å²) in [5.41, 5.74) is 5.26. The first-order valence-electron chi connectivity index (χ1n) is 10.7. The quantitative estimate of drug-likeness (QED) is 0.270. The molecule has 0 aliphatic rings. The van der Waals surface area contributed by atoms with Crippen molar-refractivity contribution in [2.24, 2.45) is 7.05 Å². The number of hydrogen-bond acceptors (Lipinski definition) is 6. The van der Waals surface area contributed by atoms with E-state index in [0.717, 1.165) is 39.6 Å². The van der Waals surface area contributed by atoms with E-state index >= 15 is 0 Å². The van der Waals surface area contributed by atoms with Crippen LogP contribution < -0.4 is 0 Å². The Kier molecular flexibility index (Phi) is 6.67. The highest BCUT2D eigenvalue weighted by Crippen LogP contribution is 2.31. The molecule has 0 fully saturated rings. The van der Waals surface area contributed by atoms with E-state index in [9.17, 15) is 4.79 Å². The van der Waals surface area contributed by atoms with Crippen molar-refractivity contribution in [1.82, 2.24) is 24.6 Å². The molecule has 8 heteroatoms. The number of amides is 1. The summed E-state index contributed by atoms with van der Waals surface area (Å²) in [6, 6.07) is 13.6. The van der Waals surface area contributed by atoms with E-state index in [1.54, 1.807) is 17.5 Å². The fraction of sp³-hybridized carbons (Fsp3) is 0.280. The average Bonchev–Trinajstić information content (AvgIpc) is 3.47. The van der Waals surface area contributed by atoms with Gasteiger partial charge in [-0.05, 0) is 44.0 Å². The van der Waals surface area contributed by atoms with Crippen molar-refractivity contribution >= 4 is 17.7 Å². The molecule has 170 valence electrons. The third kappa shape index (κ3) is 5.35. The zero-order chi connectivity index (χ0) is 23.4. The highest BCUT2D eigenvalue weighted by Gasteiger charge is 2.29. The number of thiazole rings is 1. The van der Waals surface area contributed by atoms with Crippen LogP contribution >= 0.6 is 11.3 Å². The van der Waals surface area contributed by atoms with Crippen LogP contribution in [0, 0.1) is 0 Å². The number of aromatic nitrogens is 4. The van der Waals surface area contributed by atoms with Gasteiger partial charge < -0.3 is 4.57 Å². The lowest BCUT2D eigenvalue weighted by atomic mass is 10.1. The monoisotopic (exact) mass is 461 g/mol. The predicted molar refractivity (Wildman–Crippen MR) is 129 cm³/mol. The van der Waals surface area contributed by atoms with Gasteiger partial charge in [0.15, 0.2) is 0 Å². The number of hydroxylamine groups is 2. The number of carbonyl (C=O) groups excluding carboxylic acids is 1.